The van der Waals surface area contributed by atoms with Gasteiger partial charge in [0.05, 0.1) is 12.5 Å². The Morgan fingerprint density at radius 2 is 1.78 bits per heavy atom. The summed E-state index contributed by atoms with van der Waals surface area (Å²) >= 11 is 0. The van der Waals surface area contributed by atoms with E-state index in [0.29, 0.717) is 29.3 Å². The van der Waals surface area contributed by atoms with Crippen LogP contribution < -0.4 is 4.90 Å². The van der Waals surface area contributed by atoms with Gasteiger partial charge in [-0.1, -0.05) is 18.2 Å². The predicted octanol–water partition coefficient (Wildman–Crippen LogP) is 3.41. The molecule has 1 fully saturated rings. The third kappa shape index (κ3) is 3.27. The van der Waals surface area contributed by atoms with Crippen molar-refractivity contribution in [2.75, 3.05) is 11.4 Å². The van der Waals surface area contributed by atoms with Gasteiger partial charge in [-0.3, -0.25) is 19.4 Å². The summed E-state index contributed by atoms with van der Waals surface area (Å²) in [6.45, 7) is 1.23. The minimum Gasteiger partial charge on any atom is -0.467 e. The van der Waals surface area contributed by atoms with Gasteiger partial charge in [-0.2, -0.15) is 5.10 Å². The number of amides is 4. The number of nitrogens with zero attached hydrogens (tertiary/aromatic N) is 4. The quantitative estimate of drug-likeness (QED) is 0.576. The summed E-state index contributed by atoms with van der Waals surface area (Å²) < 4.78 is 10.9. The van der Waals surface area contributed by atoms with Crippen molar-refractivity contribution in [1.82, 2.24) is 9.91 Å². The first kappa shape index (κ1) is 19.8. The molecule has 2 atom stereocenters. The van der Waals surface area contributed by atoms with Gasteiger partial charge in [-0.05, 0) is 43.3 Å². The first-order valence-corrected chi connectivity index (χ1v) is 10.2. The molecule has 3 aromatic rings. The van der Waals surface area contributed by atoms with E-state index in [0.717, 1.165) is 4.90 Å². The second-order valence-corrected chi connectivity index (χ2v) is 7.59. The number of rotatable bonds is 5. The third-order valence-corrected chi connectivity index (χ3v) is 5.62. The van der Waals surface area contributed by atoms with Gasteiger partial charge in [0.2, 0.25) is 0 Å². The normalized spacial score (nSPS) is 20.9. The van der Waals surface area contributed by atoms with Crippen LogP contribution in [0.4, 0.5) is 10.5 Å². The van der Waals surface area contributed by atoms with Crippen LogP contribution in [0.15, 0.2) is 81.1 Å². The van der Waals surface area contributed by atoms with E-state index in [1.54, 1.807) is 55.5 Å². The third-order valence-electron chi connectivity index (χ3n) is 5.62. The van der Waals surface area contributed by atoms with E-state index < -0.39 is 36.5 Å². The van der Waals surface area contributed by atoms with Gasteiger partial charge in [0.15, 0.2) is 0 Å². The zero-order chi connectivity index (χ0) is 22.2. The molecule has 0 N–H and O–H groups in total. The minimum atomic E-state index is -0.709. The average molecular weight is 432 g/mol. The molecule has 4 amide bonds. The molecular weight excluding hydrogens is 412 g/mol. The lowest BCUT2D eigenvalue weighted by Crippen LogP contribution is -2.42. The van der Waals surface area contributed by atoms with E-state index in [2.05, 4.69) is 5.10 Å². The van der Waals surface area contributed by atoms with Crippen LogP contribution in [0.1, 0.15) is 30.9 Å². The maximum absolute atomic E-state index is 13.2. The maximum Gasteiger partial charge on any atom is 0.332 e. The Morgan fingerprint density at radius 1 is 1.03 bits per heavy atom. The lowest BCUT2D eigenvalue weighted by atomic mass is 10.1. The van der Waals surface area contributed by atoms with Crippen molar-refractivity contribution < 1.29 is 23.2 Å². The van der Waals surface area contributed by atoms with E-state index in [1.165, 1.54) is 22.4 Å². The van der Waals surface area contributed by atoms with Gasteiger partial charge in [-0.25, -0.2) is 9.80 Å². The molecular formula is C23H20N4O5. The van der Waals surface area contributed by atoms with E-state index in [9.17, 15) is 14.4 Å². The van der Waals surface area contributed by atoms with Crippen LogP contribution in [0.2, 0.25) is 0 Å². The number of anilines is 1. The fourth-order valence-corrected chi connectivity index (χ4v) is 4.04. The second-order valence-electron chi connectivity index (χ2n) is 7.59. The molecule has 162 valence electrons. The number of furan rings is 2. The number of carbonyl (C=O) groups excluding carboxylic acids is 3. The molecule has 9 nitrogen and oxygen atoms in total. The summed E-state index contributed by atoms with van der Waals surface area (Å²) in [7, 11) is 0. The van der Waals surface area contributed by atoms with Crippen LogP contribution in [0.5, 0.6) is 0 Å². The van der Waals surface area contributed by atoms with Gasteiger partial charge in [0, 0.05) is 12.1 Å². The minimum absolute atomic E-state index is 0.390. The van der Waals surface area contributed by atoms with Crippen LogP contribution >= 0.6 is 0 Å². The standard InChI is InChI=1S/C23H20N4O5/c1-15-22(29)25(23(30)26(15)16-7-3-2-4-8-16)14-21(28)27-18(20-10-6-12-32-20)13-17(24-27)19-9-5-11-31-19/h2-12,15,18H,13-14H2,1H3/t15-,18-/m0/s1. The van der Waals surface area contributed by atoms with Crippen LogP contribution in [-0.4, -0.2) is 46.1 Å². The van der Waals surface area contributed by atoms with Gasteiger partial charge < -0.3 is 8.83 Å². The van der Waals surface area contributed by atoms with Gasteiger partial charge in [0.1, 0.15) is 35.9 Å². The molecule has 1 aromatic carbocycles. The molecule has 0 saturated carbocycles. The second kappa shape index (κ2) is 7.84. The van der Waals surface area contributed by atoms with Crippen molar-refractivity contribution in [3.63, 3.8) is 0 Å². The van der Waals surface area contributed by atoms with Crippen molar-refractivity contribution in [2.45, 2.75) is 25.4 Å². The molecule has 2 aromatic heterocycles. The number of para-hydroxylation sites is 1. The highest BCUT2D eigenvalue weighted by Crippen LogP contribution is 2.34. The van der Waals surface area contributed by atoms with Gasteiger partial charge >= 0.3 is 6.03 Å². The Hall–Kier alpha value is -4.14. The zero-order valence-corrected chi connectivity index (χ0v) is 17.2. The highest BCUT2D eigenvalue weighted by molar-refractivity contribution is 6.15. The molecule has 0 spiro atoms. The Balaban J connectivity index is 1.40. The summed E-state index contributed by atoms with van der Waals surface area (Å²) in [6, 6.07) is 14.2. The van der Waals surface area contributed by atoms with E-state index in [4.69, 9.17) is 8.83 Å². The smallest absolute Gasteiger partial charge is 0.332 e. The molecule has 32 heavy (non-hydrogen) atoms. The van der Waals surface area contributed by atoms with E-state index >= 15 is 0 Å². The summed E-state index contributed by atoms with van der Waals surface area (Å²) in [5.74, 6) is 0.184. The molecule has 2 aliphatic heterocycles. The summed E-state index contributed by atoms with van der Waals surface area (Å²) in [5.41, 5.74) is 1.18. The van der Waals surface area contributed by atoms with Crippen LogP contribution in [0.25, 0.3) is 0 Å². The molecule has 5 rings (SSSR count). The molecule has 1 saturated heterocycles. The Labute approximate surface area is 183 Å². The van der Waals surface area contributed by atoms with E-state index in [-0.39, 0.29) is 0 Å². The molecule has 4 heterocycles. The Kier molecular flexibility index (Phi) is 4.85. The molecule has 0 unspecified atom stereocenters. The highest BCUT2D eigenvalue weighted by Gasteiger charge is 2.45. The maximum atomic E-state index is 13.2. The molecule has 0 aliphatic carbocycles. The van der Waals surface area contributed by atoms with Gasteiger partial charge in [-0.15, -0.1) is 0 Å². The van der Waals surface area contributed by atoms with Crippen LogP contribution in [0.3, 0.4) is 0 Å². The number of imide groups is 1. The van der Waals surface area contributed by atoms with Crippen LogP contribution in [-0.2, 0) is 9.59 Å². The summed E-state index contributed by atoms with van der Waals surface area (Å²) in [6.07, 6.45) is 3.45. The zero-order valence-electron chi connectivity index (χ0n) is 17.2. The lowest BCUT2D eigenvalue weighted by molar-refractivity contribution is -0.138. The summed E-state index contributed by atoms with van der Waals surface area (Å²) in [5, 5.41) is 5.71. The number of carbonyl (C=O) groups is 3. The van der Waals surface area contributed by atoms with Gasteiger partial charge in [0.25, 0.3) is 11.8 Å². The first-order valence-electron chi connectivity index (χ1n) is 10.2. The monoisotopic (exact) mass is 432 g/mol. The van der Waals surface area contributed by atoms with Crippen LogP contribution in [0, 0.1) is 0 Å². The molecule has 9 heteroatoms. The largest absolute Gasteiger partial charge is 0.467 e. The fourth-order valence-electron chi connectivity index (χ4n) is 4.04. The number of hydrazone groups is 1. The Bertz CT molecular complexity index is 1170. The van der Waals surface area contributed by atoms with E-state index in [1.807, 2.05) is 6.07 Å². The molecule has 2 aliphatic rings. The number of hydrogen-bond acceptors (Lipinski definition) is 6. The summed E-state index contributed by atoms with van der Waals surface area (Å²) in [4.78, 5) is 41.5. The van der Waals surface area contributed by atoms with Crippen molar-refractivity contribution in [3.8, 4) is 0 Å². The molecule has 0 radical (unpaired) electrons. The Morgan fingerprint density at radius 3 is 2.47 bits per heavy atom. The first-order chi connectivity index (χ1) is 15.5. The predicted molar refractivity (Wildman–Crippen MR) is 114 cm³/mol. The fraction of sp³-hybridized carbons (Fsp3) is 0.217. The lowest BCUT2D eigenvalue weighted by Gasteiger charge is -2.22. The van der Waals surface area contributed by atoms with Crippen molar-refractivity contribution in [1.29, 1.82) is 0 Å². The van der Waals surface area contributed by atoms with Crippen molar-refractivity contribution >= 4 is 29.2 Å². The topological polar surface area (TPSA) is 99.6 Å². The SMILES string of the molecule is C[C@H]1C(=O)N(CC(=O)N2N=C(c3ccco3)C[C@H]2c2ccco2)C(=O)N1c1ccccc1. The number of urea groups is 1. The van der Waals surface area contributed by atoms with Crippen molar-refractivity contribution in [2.24, 2.45) is 5.10 Å². The number of hydrogen-bond donors (Lipinski definition) is 0. The average Bonchev–Trinajstić information content (AvgIpc) is 3.59. The highest BCUT2D eigenvalue weighted by atomic mass is 16.3. The van der Waals surface area contributed by atoms with Crippen molar-refractivity contribution in [3.05, 3.63) is 78.6 Å². The molecule has 0 bridgehead atoms. The number of benzene rings is 1.